The van der Waals surface area contributed by atoms with Crippen molar-refractivity contribution in [2.24, 2.45) is 0 Å². The molecule has 2 aromatic heterocycles. The third kappa shape index (κ3) is 3.67. The van der Waals surface area contributed by atoms with E-state index in [0.717, 1.165) is 22.2 Å². The lowest BCUT2D eigenvalue weighted by molar-refractivity contribution is 0.953. The van der Waals surface area contributed by atoms with Crippen LogP contribution >= 0.6 is 0 Å². The molecular formula is C33H22N4. The zero-order valence-electron chi connectivity index (χ0n) is 20.0. The molecule has 0 aliphatic heterocycles. The third-order valence-corrected chi connectivity index (χ3v) is 6.67. The first-order valence-electron chi connectivity index (χ1n) is 12.3. The second-order valence-electron chi connectivity index (χ2n) is 8.93. The largest absolute Gasteiger partial charge is 0.278 e. The van der Waals surface area contributed by atoms with Gasteiger partial charge in [0.05, 0.1) is 11.0 Å². The lowest BCUT2D eigenvalue weighted by atomic mass is 9.99. The summed E-state index contributed by atoms with van der Waals surface area (Å²) in [6.45, 7) is 0. The molecule has 0 aliphatic rings. The number of nitrogens with zero attached hydrogens (tertiary/aromatic N) is 4. The van der Waals surface area contributed by atoms with Crippen molar-refractivity contribution in [1.82, 2.24) is 19.5 Å². The molecule has 4 nitrogen and oxygen atoms in total. The van der Waals surface area contributed by atoms with Gasteiger partial charge in [-0.2, -0.15) is 9.97 Å². The smallest absolute Gasteiger partial charge is 0.238 e. The zero-order valence-corrected chi connectivity index (χ0v) is 20.0. The Bertz CT molecular complexity index is 1800. The van der Waals surface area contributed by atoms with Crippen LogP contribution in [0.1, 0.15) is 0 Å². The molecule has 2 heterocycles. The summed E-state index contributed by atoms with van der Waals surface area (Å²) in [6.07, 6.45) is 0. The highest BCUT2D eigenvalue weighted by atomic mass is 15.2. The van der Waals surface area contributed by atoms with Crippen molar-refractivity contribution < 1.29 is 0 Å². The van der Waals surface area contributed by atoms with Crippen molar-refractivity contribution in [3.8, 4) is 39.9 Å². The summed E-state index contributed by atoms with van der Waals surface area (Å²) < 4.78 is 2.16. The van der Waals surface area contributed by atoms with Crippen molar-refractivity contribution in [2.75, 3.05) is 0 Å². The van der Waals surface area contributed by atoms with Crippen molar-refractivity contribution in [2.45, 2.75) is 0 Å². The highest BCUT2D eigenvalue weighted by Gasteiger charge is 2.19. The summed E-state index contributed by atoms with van der Waals surface area (Å²) in [5.74, 6) is 1.90. The van der Waals surface area contributed by atoms with E-state index in [0.29, 0.717) is 17.6 Å². The second-order valence-corrected chi connectivity index (χ2v) is 8.93. The highest BCUT2D eigenvalue weighted by molar-refractivity contribution is 6.15. The summed E-state index contributed by atoms with van der Waals surface area (Å²) in [5.41, 5.74) is 6.40. The van der Waals surface area contributed by atoms with Gasteiger partial charge in [-0.1, -0.05) is 121 Å². The van der Waals surface area contributed by atoms with Gasteiger partial charge in [0.15, 0.2) is 11.6 Å². The predicted molar refractivity (Wildman–Crippen MR) is 150 cm³/mol. The Labute approximate surface area is 214 Å². The summed E-state index contributed by atoms with van der Waals surface area (Å²) in [6, 6.07) is 45.6. The Kier molecular flexibility index (Phi) is 5.07. The van der Waals surface area contributed by atoms with Crippen molar-refractivity contribution in [3.05, 3.63) is 133 Å². The van der Waals surface area contributed by atoms with Gasteiger partial charge in [0, 0.05) is 21.9 Å². The third-order valence-electron chi connectivity index (χ3n) is 6.67. The molecule has 37 heavy (non-hydrogen) atoms. The highest BCUT2D eigenvalue weighted by Crippen LogP contribution is 2.38. The summed E-state index contributed by atoms with van der Waals surface area (Å²) in [5, 5.41) is 2.35. The number of fused-ring (bicyclic) bond motifs is 3. The predicted octanol–water partition coefficient (Wildman–Crippen LogP) is 7.97. The SMILES string of the molecule is c1ccc(-c2nc(-c3ccccc3)nc(-n3c4ccccc4c4c(-c5ccccc5)cccc43)n2)cc1. The second kappa shape index (κ2) is 8.85. The lowest BCUT2D eigenvalue weighted by Crippen LogP contribution is -2.06. The average molecular weight is 475 g/mol. The average Bonchev–Trinajstić information content (AvgIpc) is 3.33. The molecule has 0 radical (unpaired) electrons. The van der Waals surface area contributed by atoms with E-state index in [1.165, 1.54) is 21.9 Å². The fourth-order valence-electron chi connectivity index (χ4n) is 4.99. The Morgan fingerprint density at radius 1 is 0.405 bits per heavy atom. The monoisotopic (exact) mass is 474 g/mol. The van der Waals surface area contributed by atoms with Crippen LogP contribution in [0.25, 0.3) is 61.7 Å². The normalized spacial score (nSPS) is 11.2. The van der Waals surface area contributed by atoms with E-state index < -0.39 is 0 Å². The van der Waals surface area contributed by atoms with E-state index in [-0.39, 0.29) is 0 Å². The Morgan fingerprint density at radius 3 is 1.54 bits per heavy atom. The van der Waals surface area contributed by atoms with Crippen LogP contribution in [0.4, 0.5) is 0 Å². The molecule has 5 aromatic carbocycles. The standard InChI is InChI=1S/C33H22N4/c1-4-13-23(14-5-1)26-20-12-22-29-30(26)27-19-10-11-21-28(27)37(29)33-35-31(24-15-6-2-7-16-24)34-32(36-33)25-17-8-3-9-18-25/h1-22H. The zero-order chi connectivity index (χ0) is 24.6. The number of rotatable bonds is 4. The van der Waals surface area contributed by atoms with E-state index in [9.17, 15) is 0 Å². The molecule has 0 saturated carbocycles. The molecule has 0 aliphatic carbocycles. The van der Waals surface area contributed by atoms with Crippen LogP contribution in [0.3, 0.4) is 0 Å². The molecule has 0 amide bonds. The first kappa shape index (κ1) is 21.2. The van der Waals surface area contributed by atoms with Crippen LogP contribution in [-0.4, -0.2) is 19.5 Å². The van der Waals surface area contributed by atoms with Crippen molar-refractivity contribution in [1.29, 1.82) is 0 Å². The van der Waals surface area contributed by atoms with Gasteiger partial charge in [-0.05, 0) is 23.3 Å². The van der Waals surface area contributed by atoms with Crippen LogP contribution < -0.4 is 0 Å². The maximum absolute atomic E-state index is 5.02. The Balaban J connectivity index is 1.56. The van der Waals surface area contributed by atoms with Gasteiger partial charge in [0.1, 0.15) is 0 Å². The maximum atomic E-state index is 5.02. The minimum Gasteiger partial charge on any atom is -0.278 e. The molecule has 0 saturated heterocycles. The Hall–Kier alpha value is -5.09. The van der Waals surface area contributed by atoms with Gasteiger partial charge in [-0.25, -0.2) is 4.98 Å². The van der Waals surface area contributed by atoms with Crippen molar-refractivity contribution >= 4 is 21.8 Å². The molecule has 7 rings (SSSR count). The summed E-state index contributed by atoms with van der Waals surface area (Å²) in [7, 11) is 0. The van der Waals surface area contributed by atoms with Crippen LogP contribution in [0.5, 0.6) is 0 Å². The van der Waals surface area contributed by atoms with Gasteiger partial charge in [0.2, 0.25) is 5.95 Å². The molecular weight excluding hydrogens is 452 g/mol. The van der Waals surface area contributed by atoms with Gasteiger partial charge in [-0.3, -0.25) is 4.57 Å². The quantitative estimate of drug-likeness (QED) is 0.260. The molecule has 0 spiro atoms. The summed E-state index contributed by atoms with van der Waals surface area (Å²) >= 11 is 0. The van der Waals surface area contributed by atoms with Gasteiger partial charge in [0.25, 0.3) is 0 Å². The lowest BCUT2D eigenvalue weighted by Gasteiger charge is -2.11. The van der Waals surface area contributed by atoms with Gasteiger partial charge >= 0.3 is 0 Å². The number of hydrogen-bond acceptors (Lipinski definition) is 3. The fourth-order valence-corrected chi connectivity index (χ4v) is 4.99. The van der Waals surface area contributed by atoms with Crippen LogP contribution in [0.15, 0.2) is 133 Å². The minimum absolute atomic E-state index is 0.601. The summed E-state index contributed by atoms with van der Waals surface area (Å²) in [4.78, 5) is 14.9. The van der Waals surface area contributed by atoms with E-state index >= 15 is 0 Å². The van der Waals surface area contributed by atoms with E-state index in [4.69, 9.17) is 15.0 Å². The molecule has 0 bridgehead atoms. The minimum atomic E-state index is 0.601. The fraction of sp³-hybridized carbons (Fsp3) is 0. The Morgan fingerprint density at radius 2 is 0.919 bits per heavy atom. The molecule has 0 N–H and O–H groups in total. The van der Waals surface area contributed by atoms with Gasteiger partial charge in [-0.15, -0.1) is 0 Å². The van der Waals surface area contributed by atoms with E-state index in [1.54, 1.807) is 0 Å². The topological polar surface area (TPSA) is 43.6 Å². The number of benzene rings is 5. The molecule has 7 aromatic rings. The first-order chi connectivity index (χ1) is 18.4. The molecule has 0 fully saturated rings. The number of hydrogen-bond donors (Lipinski definition) is 0. The van der Waals surface area contributed by atoms with Crippen LogP contribution in [0, 0.1) is 0 Å². The number of para-hydroxylation sites is 1. The molecule has 4 heteroatoms. The first-order valence-corrected chi connectivity index (χ1v) is 12.3. The number of aromatic nitrogens is 4. The van der Waals surface area contributed by atoms with Crippen molar-refractivity contribution in [3.63, 3.8) is 0 Å². The van der Waals surface area contributed by atoms with E-state index in [2.05, 4.69) is 71.3 Å². The molecule has 0 unspecified atom stereocenters. The van der Waals surface area contributed by atoms with Crippen LogP contribution in [-0.2, 0) is 0 Å². The van der Waals surface area contributed by atoms with Crippen LogP contribution in [0.2, 0.25) is 0 Å². The molecule has 174 valence electrons. The van der Waals surface area contributed by atoms with Gasteiger partial charge < -0.3 is 0 Å². The van der Waals surface area contributed by atoms with E-state index in [1.807, 2.05) is 66.7 Å². The maximum Gasteiger partial charge on any atom is 0.238 e. The molecule has 0 atom stereocenters.